The first-order chi connectivity index (χ1) is 15.0. The first-order valence-corrected chi connectivity index (χ1v) is 10.8. The maximum atomic E-state index is 13.6. The molecule has 0 bridgehead atoms. The molecule has 31 heavy (non-hydrogen) atoms. The molecule has 1 saturated heterocycles. The van der Waals surface area contributed by atoms with Crippen LogP contribution in [0.1, 0.15) is 31.2 Å². The fourth-order valence-corrected chi connectivity index (χ4v) is 4.36. The molecule has 1 unspecified atom stereocenters. The van der Waals surface area contributed by atoms with Crippen LogP contribution in [-0.2, 0) is 5.41 Å². The highest BCUT2D eigenvalue weighted by Gasteiger charge is 2.44. The van der Waals surface area contributed by atoms with E-state index in [4.69, 9.17) is 5.73 Å². The summed E-state index contributed by atoms with van der Waals surface area (Å²) in [5, 5.41) is 6.33. The molecule has 166 valence electrons. The zero-order valence-corrected chi connectivity index (χ0v) is 17.5. The Morgan fingerprint density at radius 3 is 2.52 bits per heavy atom. The highest BCUT2D eigenvalue weighted by molar-refractivity contribution is 5.89. The van der Waals surface area contributed by atoms with Crippen LogP contribution in [0.5, 0.6) is 0 Å². The molecule has 1 atom stereocenters. The molecule has 0 spiro atoms. The first kappa shape index (κ1) is 21.6. The van der Waals surface area contributed by atoms with Gasteiger partial charge in [0.25, 0.3) is 0 Å². The summed E-state index contributed by atoms with van der Waals surface area (Å²) >= 11 is 0. The van der Waals surface area contributed by atoms with Crippen LogP contribution >= 0.6 is 0 Å². The lowest BCUT2D eigenvalue weighted by Crippen LogP contribution is -2.48. The van der Waals surface area contributed by atoms with Crippen molar-refractivity contribution in [1.82, 2.24) is 15.2 Å². The van der Waals surface area contributed by atoms with Gasteiger partial charge in [-0.3, -0.25) is 4.98 Å². The van der Waals surface area contributed by atoms with Gasteiger partial charge in [-0.2, -0.15) is 0 Å². The van der Waals surface area contributed by atoms with Crippen molar-refractivity contribution in [2.24, 2.45) is 11.7 Å². The van der Waals surface area contributed by atoms with Gasteiger partial charge in [0.2, 0.25) is 0 Å². The maximum Gasteiger partial charge on any atom is 0.321 e. The lowest BCUT2D eigenvalue weighted by atomic mass is 9.89. The highest BCUT2D eigenvalue weighted by Crippen LogP contribution is 2.47. The number of anilines is 1. The van der Waals surface area contributed by atoms with Crippen LogP contribution in [-0.4, -0.2) is 48.1 Å². The van der Waals surface area contributed by atoms with E-state index in [-0.39, 0.29) is 17.5 Å². The molecule has 2 aromatic rings. The predicted molar refractivity (Wildman–Crippen MR) is 116 cm³/mol. The Kier molecular flexibility index (Phi) is 6.48. The fraction of sp³-hybridized carbons (Fsp3) is 0.478. The molecule has 1 aromatic carbocycles. The van der Waals surface area contributed by atoms with Crippen molar-refractivity contribution >= 4 is 11.7 Å². The molecule has 2 aliphatic rings. The number of urea groups is 1. The van der Waals surface area contributed by atoms with E-state index in [0.717, 1.165) is 36.9 Å². The van der Waals surface area contributed by atoms with E-state index in [1.165, 1.54) is 12.1 Å². The number of nitrogens with two attached hydrogens (primary N) is 1. The second kappa shape index (κ2) is 9.28. The number of amides is 2. The van der Waals surface area contributed by atoms with Crippen LogP contribution in [0.25, 0.3) is 0 Å². The van der Waals surface area contributed by atoms with Gasteiger partial charge in [-0.15, -0.1) is 0 Å². The molecule has 4 N–H and O–H groups in total. The van der Waals surface area contributed by atoms with Crippen LogP contribution < -0.4 is 16.4 Å². The minimum Gasteiger partial charge on any atom is -0.326 e. The number of carbonyl (C=O) groups is 1. The summed E-state index contributed by atoms with van der Waals surface area (Å²) in [6, 6.07) is 7.62. The van der Waals surface area contributed by atoms with Crippen LogP contribution in [0.3, 0.4) is 0 Å². The summed E-state index contributed by atoms with van der Waals surface area (Å²) in [5.74, 6) is -1.26. The largest absolute Gasteiger partial charge is 0.326 e. The Labute approximate surface area is 181 Å². The number of aromatic nitrogens is 1. The van der Waals surface area contributed by atoms with Crippen molar-refractivity contribution in [3.8, 4) is 0 Å². The van der Waals surface area contributed by atoms with Gasteiger partial charge in [-0.05, 0) is 61.4 Å². The number of likely N-dealkylation sites (tertiary alicyclic amines) is 1. The number of carbonyl (C=O) groups excluding carboxylic acids is 1. The van der Waals surface area contributed by atoms with Gasteiger partial charge in [0.05, 0.1) is 0 Å². The number of nitrogens with zero attached hydrogens (tertiary/aromatic N) is 2. The molecule has 1 aromatic heterocycles. The van der Waals surface area contributed by atoms with E-state index < -0.39 is 11.6 Å². The highest BCUT2D eigenvalue weighted by atomic mass is 19.2. The molecule has 4 rings (SSSR count). The molecule has 1 aliphatic heterocycles. The topological polar surface area (TPSA) is 83.3 Å². The van der Waals surface area contributed by atoms with Gasteiger partial charge in [0.15, 0.2) is 11.6 Å². The lowest BCUT2D eigenvalue weighted by molar-refractivity contribution is 0.173. The second-order valence-corrected chi connectivity index (χ2v) is 8.69. The number of pyridine rings is 1. The molecule has 2 heterocycles. The van der Waals surface area contributed by atoms with Crippen molar-refractivity contribution < 1.29 is 13.6 Å². The Balaban J connectivity index is 1.20. The van der Waals surface area contributed by atoms with Crippen LogP contribution in [0, 0.1) is 17.6 Å². The van der Waals surface area contributed by atoms with Gasteiger partial charge in [-0.1, -0.05) is 6.07 Å². The van der Waals surface area contributed by atoms with Crippen molar-refractivity contribution in [3.05, 3.63) is 59.9 Å². The lowest BCUT2D eigenvalue weighted by Gasteiger charge is -2.35. The summed E-state index contributed by atoms with van der Waals surface area (Å²) in [4.78, 5) is 18.2. The third-order valence-electron chi connectivity index (χ3n) is 6.59. The molecule has 1 saturated carbocycles. The molecular formula is C23H29F2N5O. The zero-order chi connectivity index (χ0) is 21.8. The smallest absolute Gasteiger partial charge is 0.321 e. The summed E-state index contributed by atoms with van der Waals surface area (Å²) in [7, 11) is 0. The average Bonchev–Trinajstić information content (AvgIpc) is 3.57. The van der Waals surface area contributed by atoms with E-state index >= 15 is 0 Å². The van der Waals surface area contributed by atoms with E-state index in [1.54, 1.807) is 30.6 Å². The quantitative estimate of drug-likeness (QED) is 0.631. The van der Waals surface area contributed by atoms with Crippen molar-refractivity contribution in [1.29, 1.82) is 0 Å². The summed E-state index contributed by atoms with van der Waals surface area (Å²) in [6.45, 7) is 2.72. The molecule has 0 radical (unpaired) electrons. The van der Waals surface area contributed by atoms with Gasteiger partial charge in [0.1, 0.15) is 0 Å². The summed E-state index contributed by atoms with van der Waals surface area (Å²) in [6.07, 6.45) is 6.94. The molecule has 6 nitrogen and oxygen atoms in total. The minimum atomic E-state index is -0.810. The monoisotopic (exact) mass is 429 g/mol. The number of rotatable bonds is 7. The van der Waals surface area contributed by atoms with Crippen molar-refractivity contribution in [2.75, 3.05) is 31.5 Å². The SMILES string of the molecule is NC(CNCC1(c2ccc(F)c(F)c2)CC1)C1CCN(C(=O)Nc2ccncc2)CC1. The number of hydrogen-bond acceptors (Lipinski definition) is 4. The number of benzene rings is 1. The molecule has 8 heteroatoms. The van der Waals surface area contributed by atoms with Crippen LogP contribution in [0.15, 0.2) is 42.7 Å². The summed E-state index contributed by atoms with van der Waals surface area (Å²) < 4.78 is 26.8. The van der Waals surface area contributed by atoms with Crippen LogP contribution in [0.2, 0.25) is 0 Å². The minimum absolute atomic E-state index is 0.00818. The van der Waals surface area contributed by atoms with Gasteiger partial charge in [-0.25, -0.2) is 13.6 Å². The first-order valence-electron chi connectivity index (χ1n) is 10.8. The number of piperidine rings is 1. The maximum absolute atomic E-state index is 13.6. The third kappa shape index (κ3) is 5.19. The second-order valence-electron chi connectivity index (χ2n) is 8.69. The van der Waals surface area contributed by atoms with Crippen LogP contribution in [0.4, 0.5) is 19.3 Å². The molecular weight excluding hydrogens is 400 g/mol. The molecule has 1 aliphatic carbocycles. The van der Waals surface area contributed by atoms with E-state index in [9.17, 15) is 13.6 Å². The Hall–Kier alpha value is -2.58. The molecule has 2 fully saturated rings. The van der Waals surface area contributed by atoms with Gasteiger partial charge < -0.3 is 21.3 Å². The predicted octanol–water partition coefficient (Wildman–Crippen LogP) is 3.25. The molecule has 2 amide bonds. The van der Waals surface area contributed by atoms with E-state index in [0.29, 0.717) is 32.1 Å². The van der Waals surface area contributed by atoms with Gasteiger partial charge in [0, 0.05) is 55.7 Å². The fourth-order valence-electron chi connectivity index (χ4n) is 4.36. The Bertz CT molecular complexity index is 898. The normalized spacial score (nSPS) is 19.1. The Morgan fingerprint density at radius 1 is 1.16 bits per heavy atom. The zero-order valence-electron chi connectivity index (χ0n) is 17.5. The standard InChI is InChI=1S/C23H29F2N5O/c24-19-2-1-17(13-20(19)25)23(7-8-23)15-28-14-21(26)16-5-11-30(12-6-16)22(31)29-18-3-9-27-10-4-18/h1-4,9-10,13,16,21,28H,5-8,11-12,14-15,26H2,(H,27,29,31). The number of hydrogen-bond donors (Lipinski definition) is 3. The third-order valence-corrected chi connectivity index (χ3v) is 6.59. The van der Waals surface area contributed by atoms with E-state index in [2.05, 4.69) is 15.6 Å². The summed E-state index contributed by atoms with van der Waals surface area (Å²) in [5.41, 5.74) is 7.90. The average molecular weight is 430 g/mol. The Morgan fingerprint density at radius 2 is 1.87 bits per heavy atom. The van der Waals surface area contributed by atoms with Crippen molar-refractivity contribution in [2.45, 2.75) is 37.1 Å². The number of nitrogens with one attached hydrogen (secondary N) is 2. The van der Waals surface area contributed by atoms with Gasteiger partial charge >= 0.3 is 6.03 Å². The number of halogens is 2. The van der Waals surface area contributed by atoms with E-state index in [1.807, 2.05) is 4.90 Å². The van der Waals surface area contributed by atoms with Crippen molar-refractivity contribution in [3.63, 3.8) is 0 Å².